The number of fused-ring (bicyclic) bond motifs is 1. The van der Waals surface area contributed by atoms with E-state index in [0.717, 1.165) is 54.2 Å². The number of ether oxygens (including phenoxy) is 7. The van der Waals surface area contributed by atoms with Crippen LogP contribution in [0.3, 0.4) is 0 Å². The average Bonchev–Trinajstić information content (AvgIpc) is 3.04. The van der Waals surface area contributed by atoms with E-state index < -0.39 is 5.60 Å². The summed E-state index contributed by atoms with van der Waals surface area (Å²) in [6.45, 7) is 16.3. The van der Waals surface area contributed by atoms with Crippen LogP contribution >= 0.6 is 0 Å². The van der Waals surface area contributed by atoms with Crippen molar-refractivity contribution in [1.29, 1.82) is 0 Å². The smallest absolute Gasteiger partial charge is 0.410 e. The molecule has 2 heterocycles. The quantitative estimate of drug-likeness (QED) is 0.201. The van der Waals surface area contributed by atoms with E-state index in [-0.39, 0.29) is 30.1 Å². The summed E-state index contributed by atoms with van der Waals surface area (Å²) in [5.41, 5.74) is 3.77. The van der Waals surface area contributed by atoms with Crippen LogP contribution in [0.5, 0.6) is 5.75 Å². The molecule has 4 atom stereocenters. The van der Waals surface area contributed by atoms with Crippen LogP contribution in [0.4, 0.5) is 10.5 Å². The van der Waals surface area contributed by atoms with Crippen molar-refractivity contribution in [1.82, 2.24) is 4.90 Å². The summed E-state index contributed by atoms with van der Waals surface area (Å²) < 4.78 is 41.0. The summed E-state index contributed by atoms with van der Waals surface area (Å²) in [6.07, 6.45) is 0.385. The third-order valence-corrected chi connectivity index (χ3v) is 8.46. The van der Waals surface area contributed by atoms with E-state index in [4.69, 9.17) is 33.2 Å². The van der Waals surface area contributed by atoms with Gasteiger partial charge in [0.15, 0.2) is 0 Å². The Balaban J connectivity index is 1.54. The second-order valence-electron chi connectivity index (χ2n) is 13.5. The molecule has 2 aliphatic rings. The third-order valence-electron chi connectivity index (χ3n) is 8.46. The summed E-state index contributed by atoms with van der Waals surface area (Å²) in [4.78, 5) is 17.4. The molecule has 47 heavy (non-hydrogen) atoms. The van der Waals surface area contributed by atoms with Gasteiger partial charge in [-0.3, -0.25) is 0 Å². The number of rotatable bonds is 16. The molecule has 1 amide bonds. The van der Waals surface area contributed by atoms with Crippen molar-refractivity contribution >= 4 is 11.8 Å². The minimum absolute atomic E-state index is 0.00749. The van der Waals surface area contributed by atoms with Gasteiger partial charge in [0.1, 0.15) is 18.0 Å². The lowest BCUT2D eigenvalue weighted by Gasteiger charge is -2.44. The van der Waals surface area contributed by atoms with Crippen LogP contribution in [0.2, 0.25) is 0 Å². The highest BCUT2D eigenvalue weighted by Gasteiger charge is 2.41. The van der Waals surface area contributed by atoms with Gasteiger partial charge in [-0.2, -0.15) is 0 Å². The lowest BCUT2D eigenvalue weighted by atomic mass is 9.78. The Morgan fingerprint density at radius 2 is 1.79 bits per heavy atom. The monoisotopic (exact) mass is 656 g/mol. The maximum atomic E-state index is 13.3. The molecule has 2 aromatic carbocycles. The number of nitrogens with zero attached hydrogens (tertiary/aromatic N) is 2. The van der Waals surface area contributed by atoms with E-state index in [1.165, 1.54) is 0 Å². The molecule has 10 heteroatoms. The van der Waals surface area contributed by atoms with Gasteiger partial charge >= 0.3 is 6.09 Å². The highest BCUT2D eigenvalue weighted by atomic mass is 16.6. The number of carbonyl (C=O) groups excluding carboxylic acids is 1. The summed E-state index contributed by atoms with van der Waals surface area (Å²) in [5.74, 6) is 0.905. The SMILES string of the molecule is CCOC(C)COCc1ccc([C@H]2[C@H](COC)CN(C(=O)OC(C)(C)C)C[C@@H]2OCc2ccc3c(c2)N(CCCOC)CCO3)cc1. The first-order valence-electron chi connectivity index (χ1n) is 17.0. The minimum atomic E-state index is -0.597. The number of hydrogen-bond acceptors (Lipinski definition) is 9. The first-order valence-corrected chi connectivity index (χ1v) is 17.0. The molecule has 0 bridgehead atoms. The molecule has 0 spiro atoms. The first-order chi connectivity index (χ1) is 22.6. The van der Waals surface area contributed by atoms with E-state index in [1.807, 2.05) is 40.7 Å². The maximum absolute atomic E-state index is 13.3. The summed E-state index contributed by atoms with van der Waals surface area (Å²) in [6, 6.07) is 14.8. The molecule has 2 aliphatic heterocycles. The zero-order chi connectivity index (χ0) is 33.8. The molecule has 1 saturated heterocycles. The van der Waals surface area contributed by atoms with Crippen molar-refractivity contribution < 1.29 is 38.0 Å². The fourth-order valence-corrected chi connectivity index (χ4v) is 6.35. The fourth-order valence-electron chi connectivity index (χ4n) is 6.35. The Kier molecular flexibility index (Phi) is 14.2. The molecule has 2 aromatic rings. The number of carbonyl (C=O) groups is 1. The van der Waals surface area contributed by atoms with Crippen LogP contribution in [0, 0.1) is 5.92 Å². The van der Waals surface area contributed by atoms with E-state index in [1.54, 1.807) is 19.1 Å². The maximum Gasteiger partial charge on any atom is 0.410 e. The van der Waals surface area contributed by atoms with E-state index in [2.05, 4.69) is 41.3 Å². The van der Waals surface area contributed by atoms with Crippen LogP contribution in [-0.4, -0.2) is 102 Å². The van der Waals surface area contributed by atoms with Crippen molar-refractivity contribution in [3.05, 3.63) is 59.2 Å². The van der Waals surface area contributed by atoms with Crippen LogP contribution in [0.1, 0.15) is 63.6 Å². The number of benzene rings is 2. The van der Waals surface area contributed by atoms with Gasteiger partial charge in [0.05, 0.1) is 57.4 Å². The van der Waals surface area contributed by atoms with Crippen molar-refractivity contribution in [2.45, 2.75) is 78.0 Å². The number of piperidine rings is 1. The molecule has 0 aromatic heterocycles. The standard InChI is InChI=1S/C37H56N2O8/c1-8-44-27(2)23-43-24-28-10-13-30(14-11-28)35-31(26-42-7)21-39(36(40)47-37(3,4)5)22-34(35)46-25-29-12-15-33-32(20-29)38(17-19-45-33)16-9-18-41-6/h10-15,20,27,31,34-35H,8-9,16-19,21-26H2,1-7H3/t27?,31-,34-,35-/m0/s1. The van der Waals surface area contributed by atoms with Crippen molar-refractivity contribution in [3.63, 3.8) is 0 Å². The van der Waals surface area contributed by atoms with Crippen LogP contribution < -0.4 is 9.64 Å². The number of methoxy groups -OCH3 is 2. The lowest BCUT2D eigenvalue weighted by molar-refractivity contribution is -0.0630. The zero-order valence-corrected chi connectivity index (χ0v) is 29.5. The van der Waals surface area contributed by atoms with Gasteiger partial charge in [-0.15, -0.1) is 0 Å². The van der Waals surface area contributed by atoms with E-state index in [0.29, 0.717) is 52.7 Å². The summed E-state index contributed by atoms with van der Waals surface area (Å²) >= 11 is 0. The lowest BCUT2D eigenvalue weighted by Crippen LogP contribution is -2.53. The van der Waals surface area contributed by atoms with Gasteiger partial charge in [0, 0.05) is 52.4 Å². The molecular weight excluding hydrogens is 600 g/mol. The molecule has 1 fully saturated rings. The largest absolute Gasteiger partial charge is 0.490 e. The van der Waals surface area contributed by atoms with Crippen molar-refractivity contribution in [2.24, 2.45) is 5.92 Å². The normalized spacial score (nSPS) is 20.4. The molecule has 4 rings (SSSR count). The van der Waals surface area contributed by atoms with Crippen LogP contribution in [0.15, 0.2) is 42.5 Å². The van der Waals surface area contributed by atoms with Gasteiger partial charge < -0.3 is 43.0 Å². The Morgan fingerprint density at radius 1 is 1.02 bits per heavy atom. The number of hydrogen-bond donors (Lipinski definition) is 0. The van der Waals surface area contributed by atoms with Gasteiger partial charge in [-0.05, 0) is 69.9 Å². The predicted molar refractivity (Wildman–Crippen MR) is 182 cm³/mol. The zero-order valence-electron chi connectivity index (χ0n) is 29.5. The Morgan fingerprint density at radius 3 is 2.49 bits per heavy atom. The fraction of sp³-hybridized carbons (Fsp3) is 0.649. The molecular formula is C37H56N2O8. The number of anilines is 1. The van der Waals surface area contributed by atoms with Crippen molar-refractivity contribution in [2.75, 3.05) is 78.3 Å². The Labute approximate surface area is 281 Å². The molecule has 0 saturated carbocycles. The van der Waals surface area contributed by atoms with E-state index in [9.17, 15) is 4.79 Å². The molecule has 10 nitrogen and oxygen atoms in total. The highest BCUT2D eigenvalue weighted by molar-refractivity contribution is 5.68. The second kappa shape index (κ2) is 18.0. The summed E-state index contributed by atoms with van der Waals surface area (Å²) in [5, 5.41) is 0. The Bertz CT molecular complexity index is 1230. The molecule has 1 unspecified atom stereocenters. The topological polar surface area (TPSA) is 88.2 Å². The average molecular weight is 657 g/mol. The molecule has 0 N–H and O–H groups in total. The van der Waals surface area contributed by atoms with E-state index >= 15 is 0 Å². The number of likely N-dealkylation sites (tertiary alicyclic amines) is 1. The molecule has 0 aliphatic carbocycles. The Hall–Kier alpha value is -2.89. The van der Waals surface area contributed by atoms with Crippen LogP contribution in [0.25, 0.3) is 0 Å². The first kappa shape index (κ1) is 36.9. The molecule has 262 valence electrons. The molecule has 0 radical (unpaired) electrons. The van der Waals surface area contributed by atoms with Gasteiger partial charge in [-0.1, -0.05) is 30.3 Å². The second-order valence-corrected chi connectivity index (χ2v) is 13.5. The van der Waals surface area contributed by atoms with Gasteiger partial charge in [0.2, 0.25) is 0 Å². The highest BCUT2D eigenvalue weighted by Crippen LogP contribution is 2.38. The summed E-state index contributed by atoms with van der Waals surface area (Å²) in [7, 11) is 3.44. The minimum Gasteiger partial charge on any atom is -0.490 e. The van der Waals surface area contributed by atoms with Crippen molar-refractivity contribution in [3.8, 4) is 5.75 Å². The van der Waals surface area contributed by atoms with Crippen LogP contribution in [-0.2, 0) is 41.6 Å². The van der Waals surface area contributed by atoms with Gasteiger partial charge in [0.25, 0.3) is 0 Å². The third kappa shape index (κ3) is 11.1. The predicted octanol–water partition coefficient (Wildman–Crippen LogP) is 6.05. The van der Waals surface area contributed by atoms with Gasteiger partial charge in [-0.25, -0.2) is 4.79 Å². The number of amides is 1.